The first-order valence-corrected chi connectivity index (χ1v) is 6.58. The van der Waals surface area contributed by atoms with Gasteiger partial charge in [-0.15, -0.1) is 0 Å². The molecule has 0 radical (unpaired) electrons. The first kappa shape index (κ1) is 14.7. The van der Waals surface area contributed by atoms with Gasteiger partial charge in [-0.25, -0.2) is 0 Å². The van der Waals surface area contributed by atoms with Crippen molar-refractivity contribution in [2.24, 2.45) is 0 Å². The third-order valence-corrected chi connectivity index (χ3v) is 3.14. The van der Waals surface area contributed by atoms with Crippen molar-refractivity contribution in [3.63, 3.8) is 0 Å². The topological polar surface area (TPSA) is 69.4 Å². The second-order valence-electron chi connectivity index (χ2n) is 4.56. The third-order valence-electron chi connectivity index (χ3n) is 3.14. The third kappa shape index (κ3) is 3.66. The number of nitro benzene ring substituents is 1. The number of benzene rings is 2. The second-order valence-corrected chi connectivity index (χ2v) is 4.56. The van der Waals surface area contributed by atoms with Crippen molar-refractivity contribution in [1.29, 1.82) is 0 Å². The van der Waals surface area contributed by atoms with Crippen molar-refractivity contribution in [2.45, 2.75) is 20.0 Å². The average molecular weight is 285 g/mol. The van der Waals surface area contributed by atoms with Gasteiger partial charge in [-0.2, -0.15) is 0 Å². The fourth-order valence-corrected chi connectivity index (χ4v) is 1.90. The first-order chi connectivity index (χ1) is 10.1. The van der Waals surface area contributed by atoms with Gasteiger partial charge in [-0.05, 0) is 29.7 Å². The van der Waals surface area contributed by atoms with Crippen LogP contribution in [0.15, 0.2) is 42.5 Å². The summed E-state index contributed by atoms with van der Waals surface area (Å²) in [6.07, 6.45) is 1.53. The van der Waals surface area contributed by atoms with Crippen LogP contribution in [0.3, 0.4) is 0 Å². The quantitative estimate of drug-likeness (QED) is 0.462. The smallest absolute Gasteiger partial charge is 0.311 e. The first-order valence-electron chi connectivity index (χ1n) is 6.58. The number of aryl methyl sites for hydroxylation is 1. The number of rotatable bonds is 6. The Morgan fingerprint density at radius 1 is 1.14 bits per heavy atom. The van der Waals surface area contributed by atoms with Crippen molar-refractivity contribution in [2.75, 3.05) is 0 Å². The number of nitrogens with zero attached hydrogens (tertiary/aromatic N) is 1. The molecule has 0 aliphatic carbocycles. The molecule has 0 atom stereocenters. The van der Waals surface area contributed by atoms with Crippen LogP contribution in [0.1, 0.15) is 28.4 Å². The Morgan fingerprint density at radius 2 is 1.81 bits per heavy atom. The van der Waals surface area contributed by atoms with Gasteiger partial charge in [0.15, 0.2) is 5.75 Å². The van der Waals surface area contributed by atoms with E-state index in [9.17, 15) is 14.9 Å². The van der Waals surface area contributed by atoms with Crippen LogP contribution in [0.5, 0.6) is 5.75 Å². The van der Waals surface area contributed by atoms with Crippen molar-refractivity contribution in [3.8, 4) is 5.75 Å². The van der Waals surface area contributed by atoms with Crippen molar-refractivity contribution in [1.82, 2.24) is 0 Å². The molecule has 2 aromatic rings. The van der Waals surface area contributed by atoms with E-state index < -0.39 is 4.92 Å². The molecule has 0 spiro atoms. The number of nitro groups is 1. The van der Waals surface area contributed by atoms with Crippen LogP contribution in [0.25, 0.3) is 0 Å². The maximum absolute atomic E-state index is 11.0. The Hall–Kier alpha value is -2.69. The Kier molecular flexibility index (Phi) is 4.66. The molecule has 21 heavy (non-hydrogen) atoms. The number of hydrogen-bond acceptors (Lipinski definition) is 4. The second kappa shape index (κ2) is 6.65. The van der Waals surface area contributed by atoms with E-state index in [0.29, 0.717) is 6.29 Å². The molecule has 0 amide bonds. The van der Waals surface area contributed by atoms with Gasteiger partial charge in [-0.3, -0.25) is 14.9 Å². The van der Waals surface area contributed by atoms with Gasteiger partial charge in [0.1, 0.15) is 12.9 Å². The summed E-state index contributed by atoms with van der Waals surface area (Å²) in [4.78, 5) is 21.1. The van der Waals surface area contributed by atoms with E-state index in [1.54, 1.807) is 0 Å². The summed E-state index contributed by atoms with van der Waals surface area (Å²) in [5, 5.41) is 11.0. The van der Waals surface area contributed by atoms with Crippen LogP contribution < -0.4 is 4.74 Å². The normalized spacial score (nSPS) is 10.1. The van der Waals surface area contributed by atoms with Crippen LogP contribution in [0, 0.1) is 10.1 Å². The minimum absolute atomic E-state index is 0.158. The molecule has 0 fully saturated rings. The predicted octanol–water partition coefficient (Wildman–Crippen LogP) is 3.55. The van der Waals surface area contributed by atoms with E-state index in [0.717, 1.165) is 12.0 Å². The molecule has 0 aromatic heterocycles. The van der Waals surface area contributed by atoms with E-state index in [1.165, 1.54) is 23.8 Å². The maximum Gasteiger partial charge on any atom is 0.311 e. The molecule has 0 saturated heterocycles. The van der Waals surface area contributed by atoms with E-state index in [2.05, 4.69) is 6.92 Å². The van der Waals surface area contributed by atoms with Gasteiger partial charge < -0.3 is 4.74 Å². The Morgan fingerprint density at radius 3 is 2.38 bits per heavy atom. The van der Waals surface area contributed by atoms with Gasteiger partial charge in [0.25, 0.3) is 0 Å². The fourth-order valence-electron chi connectivity index (χ4n) is 1.90. The SMILES string of the molecule is CCc1ccc(COc2ccc(C=O)cc2[N+](=O)[O-])cc1. The maximum atomic E-state index is 11.0. The molecule has 0 unspecified atom stereocenters. The summed E-state index contributed by atoms with van der Waals surface area (Å²) in [6, 6.07) is 12.0. The lowest BCUT2D eigenvalue weighted by Crippen LogP contribution is -2.00. The molecule has 108 valence electrons. The lowest BCUT2D eigenvalue weighted by Gasteiger charge is -2.07. The highest BCUT2D eigenvalue weighted by atomic mass is 16.6. The molecule has 0 aliphatic rings. The van der Waals surface area contributed by atoms with Crippen molar-refractivity contribution >= 4 is 12.0 Å². The van der Waals surface area contributed by atoms with E-state index in [4.69, 9.17) is 4.74 Å². The van der Waals surface area contributed by atoms with Crippen molar-refractivity contribution < 1.29 is 14.5 Å². The van der Waals surface area contributed by atoms with Crippen LogP contribution in [0.2, 0.25) is 0 Å². The van der Waals surface area contributed by atoms with E-state index in [-0.39, 0.29) is 23.6 Å². The molecule has 0 N–H and O–H groups in total. The zero-order valence-corrected chi connectivity index (χ0v) is 11.6. The molecule has 5 heteroatoms. The molecule has 0 saturated carbocycles. The highest BCUT2D eigenvalue weighted by Crippen LogP contribution is 2.28. The lowest BCUT2D eigenvalue weighted by atomic mass is 10.1. The number of hydrogen-bond donors (Lipinski definition) is 0. The standard InChI is InChI=1S/C16H15NO4/c1-2-12-3-5-13(6-4-12)11-21-16-8-7-14(10-18)9-15(16)17(19)20/h3-10H,2,11H2,1H3. The summed E-state index contributed by atoms with van der Waals surface area (Å²) in [5.74, 6) is 0.158. The molecule has 0 heterocycles. The molecule has 0 aliphatic heterocycles. The van der Waals surface area contributed by atoms with Gasteiger partial charge in [0.05, 0.1) is 4.92 Å². The Labute approximate surface area is 122 Å². The zero-order valence-electron chi connectivity index (χ0n) is 11.6. The van der Waals surface area contributed by atoms with Crippen molar-refractivity contribution in [3.05, 3.63) is 69.3 Å². The average Bonchev–Trinajstić information content (AvgIpc) is 2.53. The Balaban J connectivity index is 2.15. The molecule has 2 rings (SSSR count). The van der Waals surface area contributed by atoms with Gasteiger partial charge in [0, 0.05) is 11.6 Å². The van der Waals surface area contributed by atoms with E-state index >= 15 is 0 Å². The van der Waals surface area contributed by atoms with Crippen LogP contribution >= 0.6 is 0 Å². The number of carbonyl (C=O) groups excluding carboxylic acids is 1. The minimum Gasteiger partial charge on any atom is -0.482 e. The monoisotopic (exact) mass is 285 g/mol. The number of carbonyl (C=O) groups is 1. The predicted molar refractivity (Wildman–Crippen MR) is 78.6 cm³/mol. The molecule has 5 nitrogen and oxygen atoms in total. The van der Waals surface area contributed by atoms with Crippen LogP contribution in [0.4, 0.5) is 5.69 Å². The fraction of sp³-hybridized carbons (Fsp3) is 0.188. The number of aldehydes is 1. The summed E-state index contributed by atoms with van der Waals surface area (Å²) < 4.78 is 5.50. The molecule has 2 aromatic carbocycles. The highest BCUT2D eigenvalue weighted by Gasteiger charge is 2.16. The summed E-state index contributed by atoms with van der Waals surface area (Å²) >= 11 is 0. The summed E-state index contributed by atoms with van der Waals surface area (Å²) in [5.41, 5.74) is 2.20. The van der Waals surface area contributed by atoms with Gasteiger partial charge in [-0.1, -0.05) is 31.2 Å². The number of ether oxygens (including phenoxy) is 1. The lowest BCUT2D eigenvalue weighted by molar-refractivity contribution is -0.386. The largest absolute Gasteiger partial charge is 0.482 e. The minimum atomic E-state index is -0.553. The van der Waals surface area contributed by atoms with Gasteiger partial charge >= 0.3 is 5.69 Å². The molecule has 0 bridgehead atoms. The van der Waals surface area contributed by atoms with Crippen LogP contribution in [-0.2, 0) is 13.0 Å². The Bertz CT molecular complexity index is 650. The van der Waals surface area contributed by atoms with E-state index in [1.807, 2.05) is 24.3 Å². The highest BCUT2D eigenvalue weighted by molar-refractivity contribution is 5.77. The van der Waals surface area contributed by atoms with Crippen LogP contribution in [-0.4, -0.2) is 11.2 Å². The zero-order chi connectivity index (χ0) is 15.2. The molecular weight excluding hydrogens is 270 g/mol. The summed E-state index contributed by atoms with van der Waals surface area (Å²) in [7, 11) is 0. The molecular formula is C16H15NO4. The summed E-state index contributed by atoms with van der Waals surface area (Å²) in [6.45, 7) is 2.31. The van der Waals surface area contributed by atoms with Gasteiger partial charge in [0.2, 0.25) is 0 Å².